The lowest BCUT2D eigenvalue weighted by Gasteiger charge is -2.29. The quantitative estimate of drug-likeness (QED) is 0.848. The van der Waals surface area contributed by atoms with E-state index in [2.05, 4.69) is 18.9 Å². The number of aryl methyl sites for hydroxylation is 1. The zero-order chi connectivity index (χ0) is 13.2. The first-order valence-corrected chi connectivity index (χ1v) is 5.85. The maximum Gasteiger partial charge on any atom is 0.244 e. The fraction of sp³-hybridized carbons (Fsp3) is 0.667. The van der Waals surface area contributed by atoms with Crippen molar-refractivity contribution in [1.29, 1.82) is 0 Å². The molecule has 2 atom stereocenters. The molecule has 0 aromatic carbocycles. The summed E-state index contributed by atoms with van der Waals surface area (Å²) in [5, 5.41) is 4.03. The molecule has 1 aromatic heterocycles. The van der Waals surface area contributed by atoms with Crippen LogP contribution in [0.2, 0.25) is 0 Å². The number of nitrogens with zero attached hydrogens (tertiary/aromatic N) is 3. The third kappa shape index (κ3) is 3.06. The van der Waals surface area contributed by atoms with Crippen LogP contribution in [0.5, 0.6) is 0 Å². The van der Waals surface area contributed by atoms with Crippen LogP contribution in [0.25, 0.3) is 0 Å². The van der Waals surface area contributed by atoms with E-state index in [4.69, 9.17) is 5.73 Å². The Labute approximate surface area is 103 Å². The van der Waals surface area contributed by atoms with Gasteiger partial charge in [0.1, 0.15) is 6.04 Å². The maximum absolute atomic E-state index is 12.2. The van der Waals surface area contributed by atoms with Gasteiger partial charge in [-0.25, -0.2) is 0 Å². The van der Waals surface area contributed by atoms with Crippen molar-refractivity contribution in [3.05, 3.63) is 18.0 Å². The van der Waals surface area contributed by atoms with E-state index in [1.165, 1.54) is 0 Å². The summed E-state index contributed by atoms with van der Waals surface area (Å²) in [5.41, 5.74) is 6.70. The Balaban J connectivity index is 2.76. The lowest BCUT2D eigenvalue weighted by atomic mass is 10.0. The Morgan fingerprint density at radius 3 is 2.47 bits per heavy atom. The molecule has 0 saturated heterocycles. The average molecular weight is 238 g/mol. The van der Waals surface area contributed by atoms with Gasteiger partial charge in [-0.15, -0.1) is 0 Å². The molecule has 0 radical (unpaired) electrons. The van der Waals surface area contributed by atoms with E-state index in [0.29, 0.717) is 5.92 Å². The molecule has 1 amide bonds. The van der Waals surface area contributed by atoms with Crippen LogP contribution < -0.4 is 5.73 Å². The van der Waals surface area contributed by atoms with E-state index in [-0.39, 0.29) is 11.9 Å². The molecule has 0 aliphatic carbocycles. The standard InChI is InChI=1S/C12H22N4O/c1-8(2)9(3)16(5)12(17)11(13)10-6-14-15(4)7-10/h6-9,11H,13H2,1-5H3. The van der Waals surface area contributed by atoms with Gasteiger partial charge in [0, 0.05) is 31.9 Å². The first-order valence-electron chi connectivity index (χ1n) is 5.85. The number of carbonyl (C=O) groups excluding carboxylic acids is 1. The normalized spacial score (nSPS) is 14.8. The second-order valence-corrected chi connectivity index (χ2v) is 4.86. The van der Waals surface area contributed by atoms with Gasteiger partial charge < -0.3 is 10.6 Å². The largest absolute Gasteiger partial charge is 0.341 e. The molecule has 0 bridgehead atoms. The minimum atomic E-state index is -0.630. The lowest BCUT2D eigenvalue weighted by Crippen LogP contribution is -2.43. The summed E-state index contributed by atoms with van der Waals surface area (Å²) in [6.07, 6.45) is 3.41. The molecule has 2 unspecified atom stereocenters. The number of rotatable bonds is 4. The molecule has 1 rings (SSSR count). The molecule has 5 nitrogen and oxygen atoms in total. The highest BCUT2D eigenvalue weighted by molar-refractivity contribution is 5.82. The van der Waals surface area contributed by atoms with Crippen molar-refractivity contribution in [3.63, 3.8) is 0 Å². The molecular formula is C12H22N4O. The molecule has 0 spiro atoms. The molecule has 2 N–H and O–H groups in total. The van der Waals surface area contributed by atoms with Crippen molar-refractivity contribution < 1.29 is 4.79 Å². The van der Waals surface area contributed by atoms with E-state index >= 15 is 0 Å². The molecule has 96 valence electrons. The molecule has 5 heteroatoms. The van der Waals surface area contributed by atoms with E-state index in [1.54, 1.807) is 36.1 Å². The summed E-state index contributed by atoms with van der Waals surface area (Å²) in [4.78, 5) is 13.9. The Hall–Kier alpha value is -1.36. The van der Waals surface area contributed by atoms with Crippen LogP contribution in [0.3, 0.4) is 0 Å². The molecule has 0 fully saturated rings. The fourth-order valence-electron chi connectivity index (χ4n) is 1.61. The molecule has 17 heavy (non-hydrogen) atoms. The van der Waals surface area contributed by atoms with Crippen LogP contribution in [0.4, 0.5) is 0 Å². The van der Waals surface area contributed by atoms with Gasteiger partial charge in [0.05, 0.1) is 6.20 Å². The van der Waals surface area contributed by atoms with Crippen molar-refractivity contribution in [1.82, 2.24) is 14.7 Å². The van der Waals surface area contributed by atoms with Crippen LogP contribution in [0, 0.1) is 5.92 Å². The predicted octanol–water partition coefficient (Wildman–Crippen LogP) is 0.923. The number of hydrogen-bond acceptors (Lipinski definition) is 3. The van der Waals surface area contributed by atoms with E-state index < -0.39 is 6.04 Å². The summed E-state index contributed by atoms with van der Waals surface area (Å²) < 4.78 is 1.65. The summed E-state index contributed by atoms with van der Waals surface area (Å²) >= 11 is 0. The van der Waals surface area contributed by atoms with Gasteiger partial charge in [-0.1, -0.05) is 13.8 Å². The number of carbonyl (C=O) groups is 1. The summed E-state index contributed by atoms with van der Waals surface area (Å²) in [7, 11) is 3.60. The highest BCUT2D eigenvalue weighted by Gasteiger charge is 2.25. The predicted molar refractivity (Wildman–Crippen MR) is 67.2 cm³/mol. The Morgan fingerprint density at radius 2 is 2.06 bits per heavy atom. The van der Waals surface area contributed by atoms with E-state index in [0.717, 1.165) is 5.56 Å². The summed E-state index contributed by atoms with van der Waals surface area (Å²) in [6.45, 7) is 6.20. The van der Waals surface area contributed by atoms with Crippen LogP contribution >= 0.6 is 0 Å². The third-order valence-electron chi connectivity index (χ3n) is 3.27. The Morgan fingerprint density at radius 1 is 1.47 bits per heavy atom. The topological polar surface area (TPSA) is 64.2 Å². The van der Waals surface area contributed by atoms with Gasteiger partial charge in [0.15, 0.2) is 0 Å². The number of nitrogens with two attached hydrogens (primary N) is 1. The van der Waals surface area contributed by atoms with E-state index in [1.807, 2.05) is 6.92 Å². The zero-order valence-corrected chi connectivity index (χ0v) is 11.2. The van der Waals surface area contributed by atoms with Crippen LogP contribution in [0.15, 0.2) is 12.4 Å². The van der Waals surface area contributed by atoms with Gasteiger partial charge in [0.2, 0.25) is 5.91 Å². The van der Waals surface area contributed by atoms with Crippen molar-refractivity contribution in [2.24, 2.45) is 18.7 Å². The van der Waals surface area contributed by atoms with Gasteiger partial charge >= 0.3 is 0 Å². The van der Waals surface area contributed by atoms with E-state index in [9.17, 15) is 4.79 Å². The minimum Gasteiger partial charge on any atom is -0.341 e. The average Bonchev–Trinajstić information content (AvgIpc) is 2.71. The highest BCUT2D eigenvalue weighted by atomic mass is 16.2. The number of likely N-dealkylation sites (N-methyl/N-ethyl adjacent to an activating group) is 1. The monoisotopic (exact) mass is 238 g/mol. The third-order valence-corrected chi connectivity index (χ3v) is 3.27. The van der Waals surface area contributed by atoms with Crippen LogP contribution in [0.1, 0.15) is 32.4 Å². The smallest absolute Gasteiger partial charge is 0.244 e. The van der Waals surface area contributed by atoms with Crippen LogP contribution in [-0.4, -0.2) is 33.7 Å². The molecule has 1 heterocycles. The van der Waals surface area contributed by atoms with Gasteiger partial charge in [-0.05, 0) is 12.8 Å². The number of aromatic nitrogens is 2. The first kappa shape index (κ1) is 13.7. The minimum absolute atomic E-state index is 0.0702. The molecule has 1 aromatic rings. The van der Waals surface area contributed by atoms with Gasteiger partial charge in [-0.3, -0.25) is 9.48 Å². The highest BCUT2D eigenvalue weighted by Crippen LogP contribution is 2.15. The Bertz CT molecular complexity index is 386. The zero-order valence-electron chi connectivity index (χ0n) is 11.2. The number of amides is 1. The fourth-order valence-corrected chi connectivity index (χ4v) is 1.61. The second kappa shape index (κ2) is 5.31. The molecular weight excluding hydrogens is 216 g/mol. The summed E-state index contributed by atoms with van der Waals surface area (Å²) in [5.74, 6) is 0.337. The second-order valence-electron chi connectivity index (χ2n) is 4.86. The summed E-state index contributed by atoms with van der Waals surface area (Å²) in [6, 6.07) is -0.458. The lowest BCUT2D eigenvalue weighted by molar-refractivity contribution is -0.134. The molecule has 0 aliphatic rings. The SMILES string of the molecule is CC(C)C(C)N(C)C(=O)C(N)c1cnn(C)c1. The first-order chi connectivity index (χ1) is 7.84. The van der Waals surface area contributed by atoms with Crippen LogP contribution in [-0.2, 0) is 11.8 Å². The van der Waals surface area contributed by atoms with Crippen molar-refractivity contribution in [2.75, 3.05) is 7.05 Å². The van der Waals surface area contributed by atoms with Gasteiger partial charge in [-0.2, -0.15) is 5.10 Å². The number of hydrogen-bond donors (Lipinski definition) is 1. The van der Waals surface area contributed by atoms with Crippen molar-refractivity contribution >= 4 is 5.91 Å². The molecule has 0 aliphatic heterocycles. The molecule has 0 saturated carbocycles. The Kier molecular flexibility index (Phi) is 4.28. The van der Waals surface area contributed by atoms with Gasteiger partial charge in [0.25, 0.3) is 0 Å². The van der Waals surface area contributed by atoms with Crippen molar-refractivity contribution in [3.8, 4) is 0 Å². The van der Waals surface area contributed by atoms with Crippen molar-refractivity contribution in [2.45, 2.75) is 32.9 Å². The maximum atomic E-state index is 12.2.